The molecule has 5 heteroatoms. The molecule has 96 valence electrons. The zero-order valence-corrected chi connectivity index (χ0v) is 11.8. The summed E-state index contributed by atoms with van der Waals surface area (Å²) in [6, 6.07) is 0.608. The lowest BCUT2D eigenvalue weighted by Crippen LogP contribution is -2.42. The van der Waals surface area contributed by atoms with Crippen molar-refractivity contribution in [2.75, 3.05) is 13.6 Å². The summed E-state index contributed by atoms with van der Waals surface area (Å²) in [4.78, 5) is 6.71. The molecule has 3 nitrogen and oxygen atoms in total. The van der Waals surface area contributed by atoms with Gasteiger partial charge in [0, 0.05) is 6.04 Å². The van der Waals surface area contributed by atoms with E-state index in [-0.39, 0.29) is 0 Å². The molecule has 1 aliphatic carbocycles. The Bertz CT molecular complexity index is 355. The predicted molar refractivity (Wildman–Crippen MR) is 73.4 cm³/mol. The Morgan fingerprint density at radius 1 is 1.53 bits per heavy atom. The van der Waals surface area contributed by atoms with Gasteiger partial charge in [-0.2, -0.15) is 0 Å². The van der Waals surface area contributed by atoms with Crippen LogP contribution >= 0.6 is 22.9 Å². The molecule has 2 rings (SSSR count). The molecule has 0 bridgehead atoms. The van der Waals surface area contributed by atoms with Gasteiger partial charge in [0.1, 0.15) is 9.34 Å². The van der Waals surface area contributed by atoms with Gasteiger partial charge in [-0.3, -0.25) is 4.90 Å². The fraction of sp³-hybridized carbons (Fsp3) is 0.750. The van der Waals surface area contributed by atoms with Crippen LogP contribution in [0.15, 0.2) is 6.20 Å². The Hall–Kier alpha value is -0.160. The molecule has 17 heavy (non-hydrogen) atoms. The molecule has 0 spiro atoms. The van der Waals surface area contributed by atoms with E-state index in [0.717, 1.165) is 22.4 Å². The maximum Gasteiger partial charge on any atom is 0.113 e. The van der Waals surface area contributed by atoms with E-state index in [9.17, 15) is 0 Å². The molecule has 1 aliphatic rings. The zero-order valence-electron chi connectivity index (χ0n) is 10.2. The fourth-order valence-electron chi connectivity index (χ4n) is 2.74. The largest absolute Gasteiger partial charge is 0.330 e. The second kappa shape index (κ2) is 6.14. The molecule has 1 saturated carbocycles. The van der Waals surface area contributed by atoms with Gasteiger partial charge in [0.05, 0.1) is 12.7 Å². The number of thiazole rings is 1. The van der Waals surface area contributed by atoms with Crippen LogP contribution in [0.25, 0.3) is 0 Å². The summed E-state index contributed by atoms with van der Waals surface area (Å²) in [7, 11) is 2.17. The highest BCUT2D eigenvalue weighted by Gasteiger charge is 2.27. The zero-order chi connectivity index (χ0) is 12.3. The summed E-state index contributed by atoms with van der Waals surface area (Å²) in [6.45, 7) is 1.69. The number of nitrogens with two attached hydrogens (primary N) is 1. The third-order valence-corrected chi connectivity index (χ3v) is 4.75. The van der Waals surface area contributed by atoms with Gasteiger partial charge in [-0.15, -0.1) is 11.3 Å². The van der Waals surface area contributed by atoms with Crippen LogP contribution in [0.3, 0.4) is 0 Å². The monoisotopic (exact) mass is 273 g/mol. The van der Waals surface area contributed by atoms with Crippen molar-refractivity contribution in [1.29, 1.82) is 0 Å². The van der Waals surface area contributed by atoms with Crippen molar-refractivity contribution in [2.24, 2.45) is 11.7 Å². The Labute approximate surface area is 112 Å². The van der Waals surface area contributed by atoms with Gasteiger partial charge in [0.15, 0.2) is 0 Å². The highest BCUT2D eigenvalue weighted by atomic mass is 35.5. The first-order valence-corrected chi connectivity index (χ1v) is 7.40. The second-order valence-corrected chi connectivity index (χ2v) is 6.57. The van der Waals surface area contributed by atoms with Crippen LogP contribution in [0, 0.1) is 5.92 Å². The number of aromatic nitrogens is 1. The molecule has 0 saturated heterocycles. The van der Waals surface area contributed by atoms with Crippen LogP contribution in [0.1, 0.15) is 30.7 Å². The Morgan fingerprint density at radius 3 is 2.94 bits per heavy atom. The number of rotatable bonds is 4. The van der Waals surface area contributed by atoms with Gasteiger partial charge in [0.25, 0.3) is 0 Å². The van der Waals surface area contributed by atoms with Crippen molar-refractivity contribution in [3.63, 3.8) is 0 Å². The first-order valence-electron chi connectivity index (χ1n) is 6.21. The minimum Gasteiger partial charge on any atom is -0.330 e. The van der Waals surface area contributed by atoms with Crippen LogP contribution in [0.5, 0.6) is 0 Å². The average Bonchev–Trinajstić information content (AvgIpc) is 2.74. The van der Waals surface area contributed by atoms with E-state index >= 15 is 0 Å². The van der Waals surface area contributed by atoms with Gasteiger partial charge in [-0.1, -0.05) is 24.4 Å². The summed E-state index contributed by atoms with van der Waals surface area (Å²) in [5.74, 6) is 0.643. The van der Waals surface area contributed by atoms with Gasteiger partial charge >= 0.3 is 0 Å². The van der Waals surface area contributed by atoms with E-state index in [1.807, 2.05) is 0 Å². The summed E-state index contributed by atoms with van der Waals surface area (Å²) >= 11 is 7.47. The number of nitrogens with zero attached hydrogens (tertiary/aromatic N) is 2. The number of hydrogen-bond acceptors (Lipinski definition) is 4. The molecule has 1 aromatic heterocycles. The van der Waals surface area contributed by atoms with E-state index in [0.29, 0.717) is 12.0 Å². The molecule has 1 heterocycles. The molecule has 0 aromatic carbocycles. The molecule has 2 atom stereocenters. The van der Waals surface area contributed by atoms with Crippen LogP contribution in [-0.2, 0) is 6.54 Å². The number of halogens is 1. The molecule has 1 fully saturated rings. The predicted octanol–water partition coefficient (Wildman–Crippen LogP) is 2.75. The lowest BCUT2D eigenvalue weighted by Gasteiger charge is -2.37. The molecule has 1 aromatic rings. The van der Waals surface area contributed by atoms with Crippen molar-refractivity contribution < 1.29 is 0 Å². The standard InChI is InChI=1S/C12H20ClN3S/c1-16(8-12-15-7-11(13)17-12)10-5-3-2-4-9(10)6-14/h7,9-10H,2-6,8,14H2,1H3. The molecule has 0 amide bonds. The van der Waals surface area contributed by atoms with Crippen LogP contribution in [-0.4, -0.2) is 29.5 Å². The highest BCUT2D eigenvalue weighted by Crippen LogP contribution is 2.29. The normalized spacial score (nSPS) is 25.4. The summed E-state index contributed by atoms with van der Waals surface area (Å²) in [5, 5.41) is 1.10. The molecule has 2 unspecified atom stereocenters. The molecular weight excluding hydrogens is 254 g/mol. The van der Waals surface area contributed by atoms with Crippen molar-refractivity contribution in [1.82, 2.24) is 9.88 Å². The molecule has 0 aliphatic heterocycles. The Kier molecular flexibility index (Phi) is 4.79. The van der Waals surface area contributed by atoms with Crippen molar-refractivity contribution in [2.45, 2.75) is 38.3 Å². The van der Waals surface area contributed by atoms with Gasteiger partial charge in [0.2, 0.25) is 0 Å². The lowest BCUT2D eigenvalue weighted by atomic mass is 9.84. The third kappa shape index (κ3) is 3.41. The first-order chi connectivity index (χ1) is 8.20. The van der Waals surface area contributed by atoms with E-state index in [1.165, 1.54) is 25.7 Å². The van der Waals surface area contributed by atoms with Crippen molar-refractivity contribution in [3.8, 4) is 0 Å². The van der Waals surface area contributed by atoms with Gasteiger partial charge in [-0.25, -0.2) is 4.98 Å². The van der Waals surface area contributed by atoms with Crippen LogP contribution in [0.4, 0.5) is 0 Å². The highest BCUT2D eigenvalue weighted by molar-refractivity contribution is 7.15. The maximum atomic E-state index is 5.90. The average molecular weight is 274 g/mol. The van der Waals surface area contributed by atoms with E-state index in [4.69, 9.17) is 17.3 Å². The topological polar surface area (TPSA) is 42.2 Å². The van der Waals surface area contributed by atoms with Crippen molar-refractivity contribution >= 4 is 22.9 Å². The minimum atomic E-state index is 0.608. The SMILES string of the molecule is CN(Cc1ncc(Cl)s1)C1CCCCC1CN. The van der Waals surface area contributed by atoms with Crippen LogP contribution < -0.4 is 5.73 Å². The molecule has 0 radical (unpaired) electrons. The molecule has 2 N–H and O–H groups in total. The first kappa shape index (κ1) is 13.3. The fourth-order valence-corrected chi connectivity index (χ4v) is 3.76. The van der Waals surface area contributed by atoms with E-state index < -0.39 is 0 Å². The molecular formula is C12H20ClN3S. The van der Waals surface area contributed by atoms with Gasteiger partial charge < -0.3 is 5.73 Å². The minimum absolute atomic E-state index is 0.608. The smallest absolute Gasteiger partial charge is 0.113 e. The Morgan fingerprint density at radius 2 is 2.29 bits per heavy atom. The summed E-state index contributed by atoms with van der Waals surface area (Å²) in [5.41, 5.74) is 5.87. The van der Waals surface area contributed by atoms with E-state index in [1.54, 1.807) is 17.5 Å². The Balaban J connectivity index is 1.95. The summed E-state index contributed by atoms with van der Waals surface area (Å²) < 4.78 is 0.771. The quantitative estimate of drug-likeness (QED) is 0.917. The van der Waals surface area contributed by atoms with Crippen LogP contribution in [0.2, 0.25) is 4.34 Å². The summed E-state index contributed by atoms with van der Waals surface area (Å²) in [6.07, 6.45) is 6.91. The number of hydrogen-bond donors (Lipinski definition) is 1. The second-order valence-electron chi connectivity index (χ2n) is 4.82. The van der Waals surface area contributed by atoms with Gasteiger partial charge in [-0.05, 0) is 32.4 Å². The van der Waals surface area contributed by atoms with E-state index in [2.05, 4.69) is 16.9 Å². The van der Waals surface area contributed by atoms with Crippen molar-refractivity contribution in [3.05, 3.63) is 15.5 Å². The maximum absolute atomic E-state index is 5.90. The third-order valence-electron chi connectivity index (χ3n) is 3.65. The lowest BCUT2D eigenvalue weighted by molar-refractivity contribution is 0.127.